The zero-order chi connectivity index (χ0) is 15.0. The predicted molar refractivity (Wildman–Crippen MR) is 76.9 cm³/mol. The number of nitrogens with two attached hydrogens (primary N) is 1. The number of para-hydroxylation sites is 1. The fourth-order valence-electron chi connectivity index (χ4n) is 1.55. The number of carbonyl (C=O) groups excluding carboxylic acids is 1. The van der Waals surface area contributed by atoms with Gasteiger partial charge in [-0.2, -0.15) is 0 Å². The van der Waals surface area contributed by atoms with Gasteiger partial charge in [0.15, 0.2) is 12.4 Å². The van der Waals surface area contributed by atoms with E-state index in [2.05, 4.69) is 24.3 Å². The molecule has 0 aliphatic carbocycles. The number of nitrogens with one attached hydrogen (secondary N) is 1. The van der Waals surface area contributed by atoms with E-state index in [4.69, 9.17) is 15.7 Å². The summed E-state index contributed by atoms with van der Waals surface area (Å²) in [6, 6.07) is 6.80. The molecule has 6 heteroatoms. The maximum atomic E-state index is 11.6. The summed E-state index contributed by atoms with van der Waals surface area (Å²) in [5.41, 5.74) is 5.98. The summed E-state index contributed by atoms with van der Waals surface area (Å²) in [7, 11) is 0. The van der Waals surface area contributed by atoms with Crippen LogP contribution in [0.3, 0.4) is 0 Å². The first-order chi connectivity index (χ1) is 9.54. The first kappa shape index (κ1) is 15.8. The third-order valence-electron chi connectivity index (χ3n) is 2.67. The van der Waals surface area contributed by atoms with Gasteiger partial charge in [0.2, 0.25) is 0 Å². The van der Waals surface area contributed by atoms with Crippen LogP contribution < -0.4 is 15.8 Å². The van der Waals surface area contributed by atoms with Crippen LogP contribution in [-0.2, 0) is 4.79 Å². The number of oxime groups is 1. The van der Waals surface area contributed by atoms with E-state index >= 15 is 0 Å². The van der Waals surface area contributed by atoms with Gasteiger partial charge in [-0.1, -0.05) is 31.1 Å². The van der Waals surface area contributed by atoms with Gasteiger partial charge in [0.25, 0.3) is 5.91 Å². The molecule has 0 saturated heterocycles. The highest BCUT2D eigenvalue weighted by Crippen LogP contribution is 2.17. The molecule has 1 rings (SSSR count). The monoisotopic (exact) mass is 279 g/mol. The first-order valence-electron chi connectivity index (χ1n) is 6.51. The quantitative estimate of drug-likeness (QED) is 0.303. The summed E-state index contributed by atoms with van der Waals surface area (Å²) in [5, 5.41) is 14.4. The van der Waals surface area contributed by atoms with E-state index in [1.54, 1.807) is 24.3 Å². The number of benzene rings is 1. The number of hydrogen-bond acceptors (Lipinski definition) is 4. The second-order valence-corrected chi connectivity index (χ2v) is 4.80. The van der Waals surface area contributed by atoms with Crippen LogP contribution in [0, 0.1) is 5.92 Å². The molecule has 0 aliphatic heterocycles. The molecule has 110 valence electrons. The minimum atomic E-state index is -0.194. The molecule has 0 aliphatic rings. The van der Waals surface area contributed by atoms with Gasteiger partial charge in [0.05, 0.1) is 5.56 Å². The molecule has 0 bridgehead atoms. The third kappa shape index (κ3) is 5.17. The lowest BCUT2D eigenvalue weighted by atomic mass is 10.1. The van der Waals surface area contributed by atoms with Crippen molar-refractivity contribution in [2.24, 2.45) is 16.8 Å². The average molecular weight is 279 g/mol. The highest BCUT2D eigenvalue weighted by molar-refractivity contribution is 5.99. The summed E-state index contributed by atoms with van der Waals surface area (Å²) in [6.07, 6.45) is 0.923. The zero-order valence-corrected chi connectivity index (χ0v) is 11.8. The van der Waals surface area contributed by atoms with Gasteiger partial charge in [-0.25, -0.2) is 0 Å². The van der Waals surface area contributed by atoms with Gasteiger partial charge >= 0.3 is 0 Å². The van der Waals surface area contributed by atoms with Gasteiger partial charge in [-0.15, -0.1) is 0 Å². The van der Waals surface area contributed by atoms with Crippen molar-refractivity contribution in [2.45, 2.75) is 20.3 Å². The van der Waals surface area contributed by atoms with Gasteiger partial charge in [0, 0.05) is 6.54 Å². The third-order valence-corrected chi connectivity index (χ3v) is 2.67. The number of rotatable bonds is 7. The van der Waals surface area contributed by atoms with Crippen LogP contribution in [0.25, 0.3) is 0 Å². The smallest absolute Gasteiger partial charge is 0.257 e. The van der Waals surface area contributed by atoms with Crippen molar-refractivity contribution in [3.05, 3.63) is 29.8 Å². The number of amides is 1. The summed E-state index contributed by atoms with van der Waals surface area (Å²) in [6.45, 7) is 4.71. The fourth-order valence-corrected chi connectivity index (χ4v) is 1.55. The maximum Gasteiger partial charge on any atom is 0.257 e. The van der Waals surface area contributed by atoms with Crippen LogP contribution >= 0.6 is 0 Å². The van der Waals surface area contributed by atoms with E-state index in [-0.39, 0.29) is 18.3 Å². The van der Waals surface area contributed by atoms with E-state index in [1.807, 2.05) is 0 Å². The highest BCUT2D eigenvalue weighted by atomic mass is 16.5. The molecule has 6 nitrogen and oxygen atoms in total. The van der Waals surface area contributed by atoms with E-state index < -0.39 is 0 Å². The standard InChI is InChI=1S/C14H21N3O3/c1-10(2)7-8-16-13(18)9-20-12-6-4-3-5-11(12)14(15)17-19/h3-6,10,19H,7-9H2,1-2H3,(H2,15,17)(H,16,18). The molecule has 0 aromatic heterocycles. The van der Waals surface area contributed by atoms with Crippen molar-refractivity contribution >= 4 is 11.7 Å². The molecular formula is C14H21N3O3. The number of nitrogens with zero attached hydrogens (tertiary/aromatic N) is 1. The lowest BCUT2D eigenvalue weighted by Crippen LogP contribution is -2.30. The summed E-state index contributed by atoms with van der Waals surface area (Å²) in [5.74, 6) is 0.695. The minimum absolute atomic E-state index is 0.0548. The number of ether oxygens (including phenoxy) is 1. The molecule has 0 spiro atoms. The zero-order valence-electron chi connectivity index (χ0n) is 11.8. The first-order valence-corrected chi connectivity index (χ1v) is 6.51. The van der Waals surface area contributed by atoms with Gasteiger partial charge in [-0.3, -0.25) is 4.79 Å². The minimum Gasteiger partial charge on any atom is -0.483 e. The molecule has 1 aromatic rings. The van der Waals surface area contributed by atoms with Crippen LogP contribution in [0.15, 0.2) is 29.4 Å². The van der Waals surface area contributed by atoms with Gasteiger partial charge in [-0.05, 0) is 24.5 Å². The molecule has 4 N–H and O–H groups in total. The Balaban J connectivity index is 2.51. The molecule has 0 saturated carbocycles. The predicted octanol–water partition coefficient (Wildman–Crippen LogP) is 1.32. The molecule has 0 fully saturated rings. The summed E-state index contributed by atoms with van der Waals surface area (Å²) in [4.78, 5) is 11.6. The lowest BCUT2D eigenvalue weighted by Gasteiger charge is -2.11. The maximum absolute atomic E-state index is 11.6. The normalized spacial score (nSPS) is 11.4. The lowest BCUT2D eigenvalue weighted by molar-refractivity contribution is -0.123. The Morgan fingerprint density at radius 1 is 1.45 bits per heavy atom. The van der Waals surface area contributed by atoms with E-state index in [0.29, 0.717) is 23.8 Å². The molecule has 0 unspecified atom stereocenters. The van der Waals surface area contributed by atoms with Crippen molar-refractivity contribution in [3.63, 3.8) is 0 Å². The van der Waals surface area contributed by atoms with E-state index in [1.165, 1.54) is 0 Å². The van der Waals surface area contributed by atoms with Crippen LogP contribution in [0.2, 0.25) is 0 Å². The Bertz CT molecular complexity index is 472. The van der Waals surface area contributed by atoms with Crippen molar-refractivity contribution < 1.29 is 14.7 Å². The van der Waals surface area contributed by atoms with Crippen molar-refractivity contribution in [3.8, 4) is 5.75 Å². The topological polar surface area (TPSA) is 96.9 Å². The Hall–Kier alpha value is -2.24. The number of hydrogen-bond donors (Lipinski definition) is 3. The molecule has 1 amide bonds. The number of carbonyl (C=O) groups is 1. The van der Waals surface area contributed by atoms with E-state index in [9.17, 15) is 4.79 Å². The Morgan fingerprint density at radius 2 is 2.15 bits per heavy atom. The molecule has 0 heterocycles. The van der Waals surface area contributed by atoms with Crippen LogP contribution in [-0.4, -0.2) is 30.1 Å². The van der Waals surface area contributed by atoms with Gasteiger partial charge < -0.3 is 21.0 Å². The molecule has 20 heavy (non-hydrogen) atoms. The van der Waals surface area contributed by atoms with Crippen LogP contribution in [0.5, 0.6) is 5.75 Å². The van der Waals surface area contributed by atoms with Crippen LogP contribution in [0.4, 0.5) is 0 Å². The summed E-state index contributed by atoms with van der Waals surface area (Å²) >= 11 is 0. The summed E-state index contributed by atoms with van der Waals surface area (Å²) < 4.78 is 5.40. The largest absolute Gasteiger partial charge is 0.483 e. The average Bonchev–Trinajstić information content (AvgIpc) is 2.44. The van der Waals surface area contributed by atoms with Gasteiger partial charge in [0.1, 0.15) is 5.75 Å². The molecular weight excluding hydrogens is 258 g/mol. The molecule has 0 atom stereocenters. The molecule has 0 radical (unpaired) electrons. The van der Waals surface area contributed by atoms with Crippen molar-refractivity contribution in [1.29, 1.82) is 0 Å². The highest BCUT2D eigenvalue weighted by Gasteiger charge is 2.09. The molecule has 1 aromatic carbocycles. The number of amidine groups is 1. The second kappa shape index (κ2) is 8.04. The van der Waals surface area contributed by atoms with E-state index in [0.717, 1.165) is 6.42 Å². The second-order valence-electron chi connectivity index (χ2n) is 4.80. The van der Waals surface area contributed by atoms with Crippen molar-refractivity contribution in [1.82, 2.24) is 5.32 Å². The Kier molecular flexibility index (Phi) is 6.36. The Morgan fingerprint density at radius 3 is 2.80 bits per heavy atom. The Labute approximate surface area is 118 Å². The van der Waals surface area contributed by atoms with Crippen molar-refractivity contribution in [2.75, 3.05) is 13.2 Å². The van der Waals surface area contributed by atoms with Crippen LogP contribution in [0.1, 0.15) is 25.8 Å². The SMILES string of the molecule is CC(C)CCNC(=O)COc1ccccc1/C(N)=N/O. The fraction of sp³-hybridized carbons (Fsp3) is 0.429.